The number of benzene rings is 1. The van der Waals surface area contributed by atoms with Crippen LogP contribution in [0.3, 0.4) is 0 Å². The number of aryl methyl sites for hydroxylation is 1. The number of rotatable bonds is 6. The highest BCUT2D eigenvalue weighted by atomic mass is 32.2. The Morgan fingerprint density at radius 2 is 1.96 bits per heavy atom. The van der Waals surface area contributed by atoms with Crippen LogP contribution in [0.25, 0.3) is 0 Å². The number of anilines is 1. The third-order valence-electron chi connectivity index (χ3n) is 3.99. The Balaban J connectivity index is 1.73. The SMILES string of the molecule is CCN1C(=O)C(CC(=O)Nc2ccc(C)cc2)SC1=NS(=O)(=O)c1cccs1. The second-order valence-electron chi connectivity index (χ2n) is 6.09. The number of hydrogen-bond donors (Lipinski definition) is 1. The van der Waals surface area contributed by atoms with Gasteiger partial charge in [-0.2, -0.15) is 8.42 Å². The zero-order valence-corrected chi connectivity index (χ0v) is 17.7. The molecule has 1 atom stereocenters. The quantitative estimate of drug-likeness (QED) is 0.749. The molecule has 1 aliphatic heterocycles. The molecule has 3 rings (SSSR count). The van der Waals surface area contributed by atoms with E-state index in [-0.39, 0.29) is 34.2 Å². The number of carbonyl (C=O) groups excluding carboxylic acids is 2. The topological polar surface area (TPSA) is 95.9 Å². The Morgan fingerprint density at radius 1 is 1.25 bits per heavy atom. The van der Waals surface area contributed by atoms with Crippen molar-refractivity contribution in [2.75, 3.05) is 11.9 Å². The Bertz CT molecular complexity index is 999. The van der Waals surface area contributed by atoms with E-state index in [0.717, 1.165) is 28.7 Å². The molecule has 2 heterocycles. The fourth-order valence-electron chi connectivity index (χ4n) is 2.58. The summed E-state index contributed by atoms with van der Waals surface area (Å²) in [5.74, 6) is -0.625. The van der Waals surface area contributed by atoms with Crippen LogP contribution in [0.2, 0.25) is 0 Å². The van der Waals surface area contributed by atoms with E-state index in [1.54, 1.807) is 30.5 Å². The molecule has 28 heavy (non-hydrogen) atoms. The van der Waals surface area contributed by atoms with Crippen LogP contribution in [0.1, 0.15) is 18.9 Å². The lowest BCUT2D eigenvalue weighted by atomic mass is 10.2. The molecule has 7 nitrogen and oxygen atoms in total. The van der Waals surface area contributed by atoms with E-state index in [4.69, 9.17) is 0 Å². The van der Waals surface area contributed by atoms with Crippen LogP contribution in [0.4, 0.5) is 5.69 Å². The fraction of sp³-hybridized carbons (Fsp3) is 0.278. The first-order chi connectivity index (χ1) is 13.3. The van der Waals surface area contributed by atoms with Crippen molar-refractivity contribution in [1.29, 1.82) is 0 Å². The van der Waals surface area contributed by atoms with Gasteiger partial charge in [-0.1, -0.05) is 35.5 Å². The molecule has 1 aromatic heterocycles. The maximum absolute atomic E-state index is 12.6. The zero-order valence-electron chi connectivity index (χ0n) is 15.3. The van der Waals surface area contributed by atoms with E-state index in [2.05, 4.69) is 9.71 Å². The molecule has 1 aliphatic rings. The molecule has 0 bridgehead atoms. The first-order valence-corrected chi connectivity index (χ1v) is 11.7. The smallest absolute Gasteiger partial charge is 0.294 e. The number of hydrogen-bond acceptors (Lipinski definition) is 6. The van der Waals surface area contributed by atoms with Crippen LogP contribution in [0.5, 0.6) is 0 Å². The molecule has 2 amide bonds. The Morgan fingerprint density at radius 3 is 2.57 bits per heavy atom. The molecular weight excluding hydrogens is 418 g/mol. The minimum atomic E-state index is -3.88. The molecule has 1 N–H and O–H groups in total. The molecule has 0 aliphatic carbocycles. The highest BCUT2D eigenvalue weighted by molar-refractivity contribution is 8.16. The highest BCUT2D eigenvalue weighted by Crippen LogP contribution is 2.31. The second-order valence-corrected chi connectivity index (χ2v) is 10.0. The zero-order chi connectivity index (χ0) is 20.3. The van der Waals surface area contributed by atoms with Gasteiger partial charge in [-0.05, 0) is 37.4 Å². The molecule has 0 spiro atoms. The van der Waals surface area contributed by atoms with E-state index in [1.807, 2.05) is 19.1 Å². The van der Waals surface area contributed by atoms with Crippen molar-refractivity contribution in [2.45, 2.75) is 29.7 Å². The second kappa shape index (κ2) is 8.46. The van der Waals surface area contributed by atoms with Crippen molar-refractivity contribution < 1.29 is 18.0 Å². The van der Waals surface area contributed by atoms with E-state index < -0.39 is 15.3 Å². The molecule has 0 saturated carbocycles. The van der Waals surface area contributed by atoms with Crippen LogP contribution < -0.4 is 5.32 Å². The van der Waals surface area contributed by atoms with Gasteiger partial charge in [0.2, 0.25) is 11.8 Å². The molecule has 0 radical (unpaired) electrons. The number of sulfonamides is 1. The van der Waals surface area contributed by atoms with Gasteiger partial charge in [0, 0.05) is 18.7 Å². The van der Waals surface area contributed by atoms with Crippen molar-refractivity contribution in [3.63, 3.8) is 0 Å². The summed E-state index contributed by atoms with van der Waals surface area (Å²) in [6, 6.07) is 10.4. The first kappa shape index (κ1) is 20.6. The van der Waals surface area contributed by atoms with E-state index in [0.29, 0.717) is 5.69 Å². The summed E-state index contributed by atoms with van der Waals surface area (Å²) in [7, 11) is -3.88. The van der Waals surface area contributed by atoms with Crippen molar-refractivity contribution >= 4 is 55.8 Å². The van der Waals surface area contributed by atoms with Crippen LogP contribution in [0, 0.1) is 6.92 Å². The standard InChI is InChI=1S/C18H19N3O4S3/c1-3-21-17(23)14(11-15(22)19-13-8-6-12(2)7-9-13)27-18(21)20-28(24,25)16-5-4-10-26-16/h4-10,14H,3,11H2,1-2H3,(H,19,22). The lowest BCUT2D eigenvalue weighted by Gasteiger charge is -2.13. The first-order valence-electron chi connectivity index (χ1n) is 8.53. The van der Waals surface area contributed by atoms with Gasteiger partial charge in [-0.3, -0.25) is 14.5 Å². The van der Waals surface area contributed by atoms with Crippen LogP contribution >= 0.6 is 23.1 Å². The lowest BCUT2D eigenvalue weighted by Crippen LogP contribution is -2.33. The Labute approximate surface area is 171 Å². The number of amidine groups is 1. The van der Waals surface area contributed by atoms with Gasteiger partial charge in [-0.25, -0.2) is 0 Å². The molecule has 148 valence electrons. The number of amides is 2. The van der Waals surface area contributed by atoms with Gasteiger partial charge in [-0.15, -0.1) is 15.7 Å². The van der Waals surface area contributed by atoms with Gasteiger partial charge >= 0.3 is 0 Å². The summed E-state index contributed by atoms with van der Waals surface area (Å²) in [5.41, 5.74) is 1.72. The average molecular weight is 438 g/mol. The molecule has 1 fully saturated rings. The molecular formula is C18H19N3O4S3. The summed E-state index contributed by atoms with van der Waals surface area (Å²) in [4.78, 5) is 26.2. The normalized spacial score (nSPS) is 18.6. The molecule has 1 aromatic carbocycles. The molecule has 2 aromatic rings. The summed E-state index contributed by atoms with van der Waals surface area (Å²) < 4.78 is 28.8. The van der Waals surface area contributed by atoms with Crippen molar-refractivity contribution in [3.8, 4) is 0 Å². The number of thiophene rings is 1. The third kappa shape index (κ3) is 4.62. The summed E-state index contributed by atoms with van der Waals surface area (Å²) in [6.45, 7) is 3.96. The number of nitrogens with zero attached hydrogens (tertiary/aromatic N) is 2. The Kier molecular flexibility index (Phi) is 6.21. The largest absolute Gasteiger partial charge is 0.326 e. The minimum Gasteiger partial charge on any atom is -0.326 e. The van der Waals surface area contributed by atoms with Crippen molar-refractivity contribution in [3.05, 3.63) is 47.3 Å². The number of nitrogens with one attached hydrogen (secondary N) is 1. The maximum atomic E-state index is 12.6. The van der Waals surface area contributed by atoms with Crippen LogP contribution in [0.15, 0.2) is 50.4 Å². The van der Waals surface area contributed by atoms with Gasteiger partial charge in [0.1, 0.15) is 9.46 Å². The van der Waals surface area contributed by atoms with Crippen molar-refractivity contribution in [2.24, 2.45) is 4.40 Å². The third-order valence-corrected chi connectivity index (χ3v) is 7.92. The van der Waals surface area contributed by atoms with Gasteiger partial charge in [0.05, 0.1) is 0 Å². The fourth-order valence-corrected chi connectivity index (χ4v) is 5.96. The Hall–Kier alpha value is -2.17. The monoisotopic (exact) mass is 437 g/mol. The molecule has 1 unspecified atom stereocenters. The predicted octanol–water partition coefficient (Wildman–Crippen LogP) is 3.09. The number of thioether (sulfide) groups is 1. The van der Waals surface area contributed by atoms with E-state index >= 15 is 0 Å². The van der Waals surface area contributed by atoms with Gasteiger partial charge in [0.25, 0.3) is 10.0 Å². The van der Waals surface area contributed by atoms with E-state index in [1.165, 1.54) is 11.0 Å². The maximum Gasteiger partial charge on any atom is 0.294 e. The van der Waals surface area contributed by atoms with Gasteiger partial charge < -0.3 is 5.32 Å². The summed E-state index contributed by atoms with van der Waals surface area (Å²) >= 11 is 2.07. The summed E-state index contributed by atoms with van der Waals surface area (Å²) in [6.07, 6.45) is -0.0635. The number of carbonyl (C=O) groups is 2. The minimum absolute atomic E-state index is 0.0635. The molecule has 1 saturated heterocycles. The highest BCUT2D eigenvalue weighted by Gasteiger charge is 2.39. The van der Waals surface area contributed by atoms with Gasteiger partial charge in [0.15, 0.2) is 5.17 Å². The van der Waals surface area contributed by atoms with Crippen LogP contribution in [-0.4, -0.2) is 42.1 Å². The van der Waals surface area contributed by atoms with Crippen LogP contribution in [-0.2, 0) is 19.6 Å². The van der Waals surface area contributed by atoms with Crippen molar-refractivity contribution in [1.82, 2.24) is 4.90 Å². The predicted molar refractivity (Wildman–Crippen MR) is 112 cm³/mol. The van der Waals surface area contributed by atoms with E-state index in [9.17, 15) is 18.0 Å². The lowest BCUT2D eigenvalue weighted by molar-refractivity contribution is -0.128. The summed E-state index contributed by atoms with van der Waals surface area (Å²) in [5, 5.41) is 3.80. The molecule has 10 heteroatoms. The average Bonchev–Trinajstić information content (AvgIpc) is 3.27.